The lowest BCUT2D eigenvalue weighted by Gasteiger charge is -2.17. The van der Waals surface area contributed by atoms with Gasteiger partial charge < -0.3 is 14.6 Å². The van der Waals surface area contributed by atoms with E-state index in [1.807, 2.05) is 35.9 Å². The Labute approximate surface area is 119 Å². The van der Waals surface area contributed by atoms with Gasteiger partial charge in [0.05, 0.1) is 5.69 Å². The Hall–Kier alpha value is -1.88. The fourth-order valence-corrected chi connectivity index (χ4v) is 2.22. The van der Waals surface area contributed by atoms with E-state index >= 15 is 0 Å². The molecule has 1 N–H and O–H groups in total. The van der Waals surface area contributed by atoms with E-state index in [0.717, 1.165) is 31.0 Å². The number of nitrogens with zero attached hydrogens (tertiary/aromatic N) is 3. The van der Waals surface area contributed by atoms with E-state index in [0.29, 0.717) is 12.1 Å². The molecule has 0 radical (unpaired) electrons. The van der Waals surface area contributed by atoms with E-state index in [1.165, 1.54) is 0 Å². The highest BCUT2D eigenvalue weighted by Gasteiger charge is 2.08. The number of fused-ring (bicyclic) bond motifs is 1. The van der Waals surface area contributed by atoms with Crippen LogP contribution in [0.5, 0.6) is 0 Å². The molecule has 0 saturated heterocycles. The standard InChI is InChI=1S/C15H22N4O/c1-4-18(5-2)9-7-16-15(20)13-6-8-19-11-12(3)17-14(19)10-13/h6,8,10-11H,4-5,7,9H2,1-3H3,(H,16,20). The van der Waals surface area contributed by atoms with Crippen molar-refractivity contribution < 1.29 is 4.79 Å². The maximum absolute atomic E-state index is 12.1. The first-order chi connectivity index (χ1) is 9.63. The summed E-state index contributed by atoms with van der Waals surface area (Å²) in [4.78, 5) is 18.7. The first-order valence-electron chi connectivity index (χ1n) is 7.10. The Morgan fingerprint density at radius 3 is 2.85 bits per heavy atom. The number of aryl methyl sites for hydroxylation is 1. The first-order valence-corrected chi connectivity index (χ1v) is 7.10. The lowest BCUT2D eigenvalue weighted by Crippen LogP contribution is -2.34. The van der Waals surface area contributed by atoms with Crippen LogP contribution in [0.25, 0.3) is 5.65 Å². The van der Waals surface area contributed by atoms with Crippen molar-refractivity contribution in [3.63, 3.8) is 0 Å². The number of nitrogens with one attached hydrogen (secondary N) is 1. The predicted molar refractivity (Wildman–Crippen MR) is 80.1 cm³/mol. The van der Waals surface area contributed by atoms with Crippen LogP contribution in [0.4, 0.5) is 0 Å². The number of carbonyl (C=O) groups is 1. The fourth-order valence-electron chi connectivity index (χ4n) is 2.22. The van der Waals surface area contributed by atoms with E-state index < -0.39 is 0 Å². The summed E-state index contributed by atoms with van der Waals surface area (Å²) in [7, 11) is 0. The van der Waals surface area contributed by atoms with Gasteiger partial charge >= 0.3 is 0 Å². The van der Waals surface area contributed by atoms with Gasteiger partial charge in [0.1, 0.15) is 5.65 Å². The molecular weight excluding hydrogens is 252 g/mol. The molecule has 2 rings (SSSR count). The minimum absolute atomic E-state index is 0.0414. The summed E-state index contributed by atoms with van der Waals surface area (Å²) in [6.07, 6.45) is 3.81. The van der Waals surface area contributed by atoms with Gasteiger partial charge in [0.2, 0.25) is 0 Å². The van der Waals surface area contributed by atoms with Crippen molar-refractivity contribution in [1.82, 2.24) is 19.6 Å². The number of amides is 1. The monoisotopic (exact) mass is 274 g/mol. The molecule has 108 valence electrons. The van der Waals surface area contributed by atoms with Gasteiger partial charge in [-0.05, 0) is 32.1 Å². The molecule has 0 aromatic carbocycles. The molecule has 1 amide bonds. The quantitative estimate of drug-likeness (QED) is 0.872. The highest BCUT2D eigenvalue weighted by atomic mass is 16.1. The summed E-state index contributed by atoms with van der Waals surface area (Å²) in [6.45, 7) is 9.75. The van der Waals surface area contributed by atoms with Crippen LogP contribution >= 0.6 is 0 Å². The van der Waals surface area contributed by atoms with Crippen molar-refractivity contribution in [2.24, 2.45) is 0 Å². The predicted octanol–water partition coefficient (Wildman–Crippen LogP) is 1.71. The Morgan fingerprint density at radius 2 is 2.15 bits per heavy atom. The number of aromatic nitrogens is 2. The maximum atomic E-state index is 12.1. The SMILES string of the molecule is CCN(CC)CCNC(=O)c1ccn2cc(C)nc2c1. The van der Waals surface area contributed by atoms with Gasteiger partial charge in [-0.2, -0.15) is 0 Å². The summed E-state index contributed by atoms with van der Waals surface area (Å²) in [6, 6.07) is 3.64. The van der Waals surface area contributed by atoms with Gasteiger partial charge in [-0.25, -0.2) is 4.98 Å². The van der Waals surface area contributed by atoms with Crippen molar-refractivity contribution in [2.75, 3.05) is 26.2 Å². The van der Waals surface area contributed by atoms with Crippen LogP contribution in [0.1, 0.15) is 29.9 Å². The summed E-state index contributed by atoms with van der Waals surface area (Å²) < 4.78 is 1.92. The van der Waals surface area contributed by atoms with Crippen LogP contribution in [0, 0.1) is 6.92 Å². The molecule has 5 heteroatoms. The smallest absolute Gasteiger partial charge is 0.251 e. The van der Waals surface area contributed by atoms with Crippen molar-refractivity contribution in [1.29, 1.82) is 0 Å². The Bertz CT molecular complexity index is 587. The van der Waals surface area contributed by atoms with E-state index in [1.54, 1.807) is 0 Å². The number of rotatable bonds is 6. The second-order valence-electron chi connectivity index (χ2n) is 4.85. The molecule has 2 heterocycles. The highest BCUT2D eigenvalue weighted by Crippen LogP contribution is 2.07. The second kappa shape index (κ2) is 6.52. The van der Waals surface area contributed by atoms with Crippen LogP contribution < -0.4 is 5.32 Å². The van der Waals surface area contributed by atoms with E-state index in [4.69, 9.17) is 0 Å². The number of likely N-dealkylation sites (N-methyl/N-ethyl adjacent to an activating group) is 1. The minimum atomic E-state index is -0.0414. The molecule has 0 aliphatic carbocycles. The summed E-state index contributed by atoms with van der Waals surface area (Å²) >= 11 is 0. The van der Waals surface area contributed by atoms with Crippen molar-refractivity contribution in [3.8, 4) is 0 Å². The van der Waals surface area contributed by atoms with Gasteiger partial charge in [-0.3, -0.25) is 4.79 Å². The third-order valence-electron chi connectivity index (χ3n) is 3.45. The number of hydrogen-bond donors (Lipinski definition) is 1. The normalized spacial score (nSPS) is 11.2. The van der Waals surface area contributed by atoms with Gasteiger partial charge in [-0.15, -0.1) is 0 Å². The Kier molecular flexibility index (Phi) is 4.74. The molecule has 2 aromatic heterocycles. The molecule has 0 fully saturated rings. The first kappa shape index (κ1) is 14.5. The van der Waals surface area contributed by atoms with Crippen molar-refractivity contribution in [3.05, 3.63) is 35.8 Å². The Balaban J connectivity index is 1.96. The molecule has 0 saturated carbocycles. The van der Waals surface area contributed by atoms with Crippen LogP contribution in [-0.2, 0) is 0 Å². The topological polar surface area (TPSA) is 49.6 Å². The molecular formula is C15H22N4O. The van der Waals surface area contributed by atoms with Crippen LogP contribution in [-0.4, -0.2) is 46.4 Å². The zero-order valence-corrected chi connectivity index (χ0v) is 12.4. The summed E-state index contributed by atoms with van der Waals surface area (Å²) in [5.41, 5.74) is 2.41. The molecule has 0 bridgehead atoms. The van der Waals surface area contributed by atoms with Crippen molar-refractivity contribution >= 4 is 11.6 Å². The van der Waals surface area contributed by atoms with Gasteiger partial charge in [0.25, 0.3) is 5.91 Å². The molecule has 20 heavy (non-hydrogen) atoms. The fraction of sp³-hybridized carbons (Fsp3) is 0.467. The molecule has 0 aliphatic heterocycles. The lowest BCUT2D eigenvalue weighted by atomic mass is 10.2. The number of imidazole rings is 1. The Morgan fingerprint density at radius 1 is 1.40 bits per heavy atom. The summed E-state index contributed by atoms with van der Waals surface area (Å²) in [5.74, 6) is -0.0414. The van der Waals surface area contributed by atoms with Crippen LogP contribution in [0.3, 0.4) is 0 Å². The zero-order valence-electron chi connectivity index (χ0n) is 12.4. The van der Waals surface area contributed by atoms with Crippen LogP contribution in [0.15, 0.2) is 24.5 Å². The average molecular weight is 274 g/mol. The molecule has 0 aliphatic rings. The highest BCUT2D eigenvalue weighted by molar-refractivity contribution is 5.95. The summed E-state index contributed by atoms with van der Waals surface area (Å²) in [5, 5.41) is 2.95. The third-order valence-corrected chi connectivity index (χ3v) is 3.45. The van der Waals surface area contributed by atoms with Crippen LogP contribution in [0.2, 0.25) is 0 Å². The third kappa shape index (κ3) is 3.36. The lowest BCUT2D eigenvalue weighted by molar-refractivity contribution is 0.0949. The minimum Gasteiger partial charge on any atom is -0.351 e. The maximum Gasteiger partial charge on any atom is 0.251 e. The van der Waals surface area contributed by atoms with E-state index in [-0.39, 0.29) is 5.91 Å². The van der Waals surface area contributed by atoms with Gasteiger partial charge in [-0.1, -0.05) is 13.8 Å². The molecule has 0 spiro atoms. The molecule has 0 atom stereocenters. The average Bonchev–Trinajstić information content (AvgIpc) is 2.82. The van der Waals surface area contributed by atoms with Gasteiger partial charge in [0.15, 0.2) is 0 Å². The zero-order chi connectivity index (χ0) is 14.5. The number of pyridine rings is 1. The number of hydrogen-bond acceptors (Lipinski definition) is 3. The second-order valence-corrected chi connectivity index (χ2v) is 4.85. The van der Waals surface area contributed by atoms with Gasteiger partial charge in [0, 0.05) is 31.0 Å². The van der Waals surface area contributed by atoms with E-state index in [9.17, 15) is 4.79 Å². The van der Waals surface area contributed by atoms with Crippen molar-refractivity contribution in [2.45, 2.75) is 20.8 Å². The molecule has 2 aromatic rings. The van der Waals surface area contributed by atoms with E-state index in [2.05, 4.69) is 29.0 Å². The molecule has 5 nitrogen and oxygen atoms in total. The molecule has 0 unspecified atom stereocenters. The number of carbonyl (C=O) groups excluding carboxylic acids is 1. The largest absolute Gasteiger partial charge is 0.351 e.